The van der Waals surface area contributed by atoms with Crippen LogP contribution < -0.4 is 0 Å². The summed E-state index contributed by atoms with van der Waals surface area (Å²) in [4.78, 5) is 0. The molecular weight excluding hydrogens is 865 g/mol. The summed E-state index contributed by atoms with van der Waals surface area (Å²) in [5.74, 6) is 0. The largest absolute Gasteiger partial charge is 0.0619 e. The number of hydrogen-bond donors (Lipinski definition) is 0. The molecule has 0 heteroatoms. The molecule has 0 spiro atoms. The maximum atomic E-state index is 2.57. The quantitative estimate of drug-likeness (QED) is 0.152. The highest BCUT2D eigenvalue weighted by Gasteiger charge is 2.44. The molecule has 0 saturated heterocycles. The van der Waals surface area contributed by atoms with Crippen molar-refractivity contribution in [1.29, 1.82) is 0 Å². The molecule has 4 aliphatic carbocycles. The van der Waals surface area contributed by atoms with Gasteiger partial charge in [0.25, 0.3) is 0 Å². The third kappa shape index (κ3) is 4.80. The monoisotopic (exact) mass is 918 g/mol. The molecule has 0 fully saturated rings. The van der Waals surface area contributed by atoms with Crippen molar-refractivity contribution < 1.29 is 0 Å². The molecule has 4 aliphatic rings. The average Bonchev–Trinajstić information content (AvgIpc) is 3.95. The van der Waals surface area contributed by atoms with Crippen LogP contribution in [0.5, 0.6) is 0 Å². The summed E-state index contributed by atoms with van der Waals surface area (Å²) in [7, 11) is 0. The van der Waals surface area contributed by atoms with Crippen LogP contribution in [0.2, 0.25) is 0 Å². The van der Waals surface area contributed by atoms with Gasteiger partial charge in [-0.25, -0.2) is 0 Å². The van der Waals surface area contributed by atoms with Crippen molar-refractivity contribution >= 4 is 53.9 Å². The highest BCUT2D eigenvalue weighted by atomic mass is 14.5. The zero-order valence-electron chi connectivity index (χ0n) is 42.3. The molecular formula is C72H54. The number of rotatable bonds is 2. The predicted molar refractivity (Wildman–Crippen MR) is 306 cm³/mol. The lowest BCUT2D eigenvalue weighted by Gasteiger charge is -2.25. The van der Waals surface area contributed by atoms with E-state index in [1.165, 1.54) is 165 Å². The number of fused-ring (bicyclic) bond motifs is 16. The van der Waals surface area contributed by atoms with Gasteiger partial charge in [0.05, 0.1) is 0 Å². The molecule has 0 unspecified atom stereocenters. The van der Waals surface area contributed by atoms with Gasteiger partial charge in [0.2, 0.25) is 0 Å². The maximum absolute atomic E-state index is 2.57. The van der Waals surface area contributed by atoms with Crippen LogP contribution in [0, 0.1) is 0 Å². The van der Waals surface area contributed by atoms with E-state index in [9.17, 15) is 0 Å². The van der Waals surface area contributed by atoms with Crippen molar-refractivity contribution in [2.24, 2.45) is 0 Å². The van der Waals surface area contributed by atoms with Gasteiger partial charge in [-0.2, -0.15) is 0 Å². The minimum absolute atomic E-state index is 0.0625. The zero-order valence-corrected chi connectivity index (χ0v) is 42.3. The van der Waals surface area contributed by atoms with Crippen molar-refractivity contribution in [1.82, 2.24) is 0 Å². The molecule has 0 bridgehead atoms. The Morgan fingerprint density at radius 3 is 0.958 bits per heavy atom. The Morgan fingerprint density at radius 2 is 0.528 bits per heavy atom. The fraction of sp³-hybridized carbons (Fsp3) is 0.167. The van der Waals surface area contributed by atoms with E-state index in [1.807, 2.05) is 0 Å². The van der Waals surface area contributed by atoms with Gasteiger partial charge in [-0.15, -0.1) is 0 Å². The molecule has 0 radical (unpaired) electrons. The van der Waals surface area contributed by atoms with Crippen molar-refractivity contribution in [2.45, 2.75) is 77.0 Å². The van der Waals surface area contributed by atoms with Crippen LogP contribution in [0.3, 0.4) is 0 Å². The van der Waals surface area contributed by atoms with Gasteiger partial charge >= 0.3 is 0 Å². The van der Waals surface area contributed by atoms with Crippen molar-refractivity contribution in [3.8, 4) is 66.8 Å². The average molecular weight is 919 g/mol. The minimum atomic E-state index is -0.185. The smallest absolute Gasteiger partial charge is 0.0159 e. The van der Waals surface area contributed by atoms with E-state index in [1.54, 1.807) is 0 Å². The van der Waals surface area contributed by atoms with Crippen LogP contribution >= 0.6 is 0 Å². The molecule has 0 amide bonds. The summed E-state index contributed by atoms with van der Waals surface area (Å²) < 4.78 is 0. The summed E-state index contributed by atoms with van der Waals surface area (Å²) >= 11 is 0. The van der Waals surface area contributed by atoms with E-state index in [0.717, 1.165) is 0 Å². The summed E-state index contributed by atoms with van der Waals surface area (Å²) in [5, 5.41) is 13.2. The Kier molecular flexibility index (Phi) is 7.48. The minimum Gasteiger partial charge on any atom is -0.0619 e. The maximum Gasteiger partial charge on any atom is 0.0159 e. The molecule has 0 N–H and O–H groups in total. The van der Waals surface area contributed by atoms with Gasteiger partial charge in [0.1, 0.15) is 0 Å². The molecule has 0 aromatic heterocycles. The SMILES string of the molecule is CC1(C)c2ccccc2-c2cc3c(cc21)-c1c(cc(-c2ccc4ccc5c(-c6cc7c(c8ccccc68)-c6cc8c(cc6C7(C)C)-c6ccccc6C8(C)C)ccc6ccc2c4c65)c2ccccc12)C3(C)C. The first-order chi connectivity index (χ1) is 34.7. The summed E-state index contributed by atoms with van der Waals surface area (Å²) in [6, 6.07) is 71.1. The second kappa shape index (κ2) is 13.2. The molecule has 16 rings (SSSR count). The van der Waals surface area contributed by atoms with Crippen LogP contribution in [0.1, 0.15) is 99.9 Å². The van der Waals surface area contributed by atoms with Crippen molar-refractivity contribution in [3.63, 3.8) is 0 Å². The van der Waals surface area contributed by atoms with Gasteiger partial charge in [0.15, 0.2) is 0 Å². The zero-order chi connectivity index (χ0) is 48.5. The summed E-state index contributed by atoms with van der Waals surface area (Å²) in [5.41, 5.74) is 27.3. The van der Waals surface area contributed by atoms with E-state index in [2.05, 4.69) is 237 Å². The molecule has 0 nitrogen and oxygen atoms in total. The molecule has 12 aromatic carbocycles. The van der Waals surface area contributed by atoms with Gasteiger partial charge in [-0.3, -0.25) is 0 Å². The highest BCUT2D eigenvalue weighted by molar-refractivity contribution is 6.29. The standard InChI is InChI=1S/C72H54/c1-69(2)57-23-15-13-19-45(57)53-35-61-55(37-59(53)69)67-47-21-11-9-17-41(47)51(33-63(67)71(61,5)6)43-29-25-39-28-32-50-44(30-26-40-27-31-49(43)65(39)66(40)50)52-34-64-68(48-22-12-10-18-42(48)52)56-38-60-54(36-62(56)72(64,7)8)46-20-14-16-24-58(46)70(60,3)4/h9-38H,1-8H3. The highest BCUT2D eigenvalue weighted by Crippen LogP contribution is 2.61. The second-order valence-corrected chi connectivity index (χ2v) is 23.9. The Bertz CT molecular complexity index is 4200. The Hall–Kier alpha value is -7.80. The third-order valence-corrected chi connectivity index (χ3v) is 19.0. The third-order valence-electron chi connectivity index (χ3n) is 19.0. The van der Waals surface area contributed by atoms with Gasteiger partial charge < -0.3 is 0 Å². The van der Waals surface area contributed by atoms with E-state index >= 15 is 0 Å². The van der Waals surface area contributed by atoms with Crippen LogP contribution in [-0.2, 0) is 21.7 Å². The fourth-order valence-electron chi connectivity index (χ4n) is 15.3. The molecule has 0 aliphatic heterocycles. The van der Waals surface area contributed by atoms with Crippen LogP contribution in [0.4, 0.5) is 0 Å². The fourth-order valence-corrected chi connectivity index (χ4v) is 15.3. The van der Waals surface area contributed by atoms with Crippen LogP contribution in [0.25, 0.3) is 121 Å². The van der Waals surface area contributed by atoms with Crippen LogP contribution in [0.15, 0.2) is 182 Å². The molecule has 0 heterocycles. The van der Waals surface area contributed by atoms with Crippen molar-refractivity contribution in [2.75, 3.05) is 0 Å². The Morgan fingerprint density at radius 1 is 0.208 bits per heavy atom. The topological polar surface area (TPSA) is 0 Å². The lowest BCUT2D eigenvalue weighted by molar-refractivity contribution is 0.652. The van der Waals surface area contributed by atoms with Crippen LogP contribution in [-0.4, -0.2) is 0 Å². The predicted octanol–water partition coefficient (Wildman–Crippen LogP) is 19.4. The molecule has 342 valence electrons. The van der Waals surface area contributed by atoms with Gasteiger partial charge in [-0.05, 0) is 202 Å². The lowest BCUT2D eigenvalue weighted by atomic mass is 9.78. The van der Waals surface area contributed by atoms with Crippen molar-refractivity contribution in [3.05, 3.63) is 226 Å². The lowest BCUT2D eigenvalue weighted by Crippen LogP contribution is -2.17. The summed E-state index contributed by atoms with van der Waals surface area (Å²) in [6.45, 7) is 19.4. The van der Waals surface area contributed by atoms with E-state index in [4.69, 9.17) is 0 Å². The van der Waals surface area contributed by atoms with E-state index in [-0.39, 0.29) is 21.7 Å². The molecule has 72 heavy (non-hydrogen) atoms. The number of hydrogen-bond acceptors (Lipinski definition) is 0. The first-order valence-corrected chi connectivity index (χ1v) is 26.2. The van der Waals surface area contributed by atoms with Gasteiger partial charge in [0, 0.05) is 21.7 Å². The summed E-state index contributed by atoms with van der Waals surface area (Å²) in [6.07, 6.45) is 0. The molecule has 0 saturated carbocycles. The van der Waals surface area contributed by atoms with E-state index in [0.29, 0.717) is 0 Å². The molecule has 12 aromatic rings. The van der Waals surface area contributed by atoms with Gasteiger partial charge in [-0.1, -0.05) is 201 Å². The van der Waals surface area contributed by atoms with E-state index < -0.39 is 0 Å². The first kappa shape index (κ1) is 40.9. The Balaban J connectivity index is 0.895. The number of benzene rings is 12. The normalized spacial score (nSPS) is 16.5. The second-order valence-electron chi connectivity index (χ2n) is 23.9. The molecule has 0 atom stereocenters. The Labute approximate surface area is 422 Å². The first-order valence-electron chi connectivity index (χ1n) is 26.2.